The summed E-state index contributed by atoms with van der Waals surface area (Å²) >= 11 is 0. The average molecular weight is 641 g/mol. The Labute approximate surface area is 255 Å². The van der Waals surface area contributed by atoms with Crippen LogP contribution in [0.15, 0.2) is 36.4 Å². The Balaban J connectivity index is 0.000000360. The monoisotopic (exact) mass is 640 g/mol. The zero-order valence-corrected chi connectivity index (χ0v) is 24.7. The highest BCUT2D eigenvalue weighted by molar-refractivity contribution is 5.88. The second-order valence-electron chi connectivity index (χ2n) is 10.4. The van der Waals surface area contributed by atoms with Crippen molar-refractivity contribution >= 4 is 23.6 Å². The Morgan fingerprint density at radius 2 is 1.67 bits per heavy atom. The van der Waals surface area contributed by atoms with Crippen LogP contribution in [0.1, 0.15) is 61.3 Å². The van der Waals surface area contributed by atoms with E-state index in [9.17, 15) is 27.6 Å². The van der Waals surface area contributed by atoms with Crippen LogP contribution < -0.4 is 4.74 Å². The lowest BCUT2D eigenvalue weighted by atomic mass is 9.96. The summed E-state index contributed by atoms with van der Waals surface area (Å²) in [5.41, 5.74) is -1.12. The zero-order chi connectivity index (χ0) is 33.4. The highest BCUT2D eigenvalue weighted by atomic mass is 19.4. The van der Waals surface area contributed by atoms with E-state index in [2.05, 4.69) is 15.0 Å². The number of carbonyl (C=O) groups is 3. The van der Waals surface area contributed by atoms with Gasteiger partial charge in [0.1, 0.15) is 18.1 Å². The van der Waals surface area contributed by atoms with Crippen molar-refractivity contribution in [1.82, 2.24) is 19.5 Å². The molecular formula is C29H35F3N4O9. The number of aryl methyl sites for hydroxylation is 1. The molecule has 0 spiro atoms. The number of likely N-dealkylation sites (tertiary alicyclic amines) is 1. The third kappa shape index (κ3) is 9.60. The van der Waals surface area contributed by atoms with Gasteiger partial charge in [-0.1, -0.05) is 19.1 Å². The first-order valence-corrected chi connectivity index (χ1v) is 14.0. The smallest absolute Gasteiger partial charge is 0.433 e. The topological polar surface area (TPSA) is 184 Å². The van der Waals surface area contributed by atoms with Gasteiger partial charge in [0.2, 0.25) is 0 Å². The fraction of sp³-hybridized carbons (Fsp3) is 0.483. The maximum absolute atomic E-state index is 13.6. The summed E-state index contributed by atoms with van der Waals surface area (Å²) in [5.74, 6) is -4.24. The molecule has 0 saturated carbocycles. The van der Waals surface area contributed by atoms with E-state index in [1.807, 2.05) is 24.3 Å². The summed E-state index contributed by atoms with van der Waals surface area (Å²) in [7, 11) is 1.63. The fourth-order valence-corrected chi connectivity index (χ4v) is 4.82. The second-order valence-corrected chi connectivity index (χ2v) is 10.4. The quantitative estimate of drug-likeness (QED) is 0.200. The summed E-state index contributed by atoms with van der Waals surface area (Å²) in [5, 5.41) is 38.2. The molecule has 1 aromatic carbocycles. The van der Waals surface area contributed by atoms with Gasteiger partial charge in [0.05, 0.1) is 31.2 Å². The summed E-state index contributed by atoms with van der Waals surface area (Å²) in [6.07, 6.45) is -4.53. The highest BCUT2D eigenvalue weighted by Gasteiger charge is 2.41. The van der Waals surface area contributed by atoms with Crippen LogP contribution in [0, 0.1) is 0 Å². The number of alkyl halides is 3. The third-order valence-corrected chi connectivity index (χ3v) is 7.01. The minimum absolute atomic E-state index is 0.0412. The van der Waals surface area contributed by atoms with E-state index in [0.29, 0.717) is 37.6 Å². The van der Waals surface area contributed by atoms with Crippen molar-refractivity contribution in [3.8, 4) is 5.75 Å². The van der Waals surface area contributed by atoms with Gasteiger partial charge in [-0.05, 0) is 49.6 Å². The Morgan fingerprint density at radius 3 is 2.20 bits per heavy atom. The number of methoxy groups -OCH3 is 1. The summed E-state index contributed by atoms with van der Waals surface area (Å²) in [6, 6.07) is 10.6. The molecule has 2 aromatic heterocycles. The molecule has 1 saturated heterocycles. The maximum Gasteiger partial charge on any atom is 0.433 e. The van der Waals surface area contributed by atoms with Gasteiger partial charge in [-0.15, -0.1) is 0 Å². The van der Waals surface area contributed by atoms with Crippen LogP contribution in [-0.2, 0) is 38.3 Å². The number of ether oxygens (including phenoxy) is 2. The predicted octanol–water partition coefficient (Wildman–Crippen LogP) is 3.42. The van der Waals surface area contributed by atoms with Crippen LogP contribution in [0.4, 0.5) is 13.2 Å². The first kappa shape index (κ1) is 35.2. The molecule has 1 aliphatic heterocycles. The van der Waals surface area contributed by atoms with Gasteiger partial charge in [0.15, 0.2) is 11.2 Å². The molecule has 0 bridgehead atoms. The Hall–Kier alpha value is -4.28. The van der Waals surface area contributed by atoms with E-state index in [4.69, 9.17) is 29.9 Å². The van der Waals surface area contributed by atoms with Crippen LogP contribution in [0.2, 0.25) is 0 Å². The minimum atomic E-state index is -4.49. The predicted molar refractivity (Wildman–Crippen MR) is 151 cm³/mol. The number of aliphatic carboxylic acids is 3. The lowest BCUT2D eigenvalue weighted by Crippen LogP contribution is -2.42. The number of nitrogens with zero attached hydrogens (tertiary/aromatic N) is 4. The third-order valence-electron chi connectivity index (χ3n) is 7.01. The molecule has 3 heterocycles. The number of hydrogen-bond acceptors (Lipinski definition) is 9. The number of aliphatic hydroxyl groups is 1. The van der Waals surface area contributed by atoms with Gasteiger partial charge >= 0.3 is 24.1 Å². The molecule has 1 fully saturated rings. The second kappa shape index (κ2) is 15.1. The van der Waals surface area contributed by atoms with Gasteiger partial charge in [0.25, 0.3) is 0 Å². The van der Waals surface area contributed by atoms with E-state index in [-0.39, 0.29) is 11.7 Å². The zero-order valence-electron chi connectivity index (χ0n) is 24.7. The first-order chi connectivity index (χ1) is 21.2. The number of aromatic nitrogens is 3. The number of fused-ring (bicyclic) bond motifs is 1. The minimum Gasteiger partial charge on any atom is -0.491 e. The van der Waals surface area contributed by atoms with Crippen LogP contribution in [0.25, 0.3) is 5.65 Å². The molecule has 1 aliphatic rings. The van der Waals surface area contributed by atoms with Crippen molar-refractivity contribution in [2.45, 2.75) is 63.4 Å². The van der Waals surface area contributed by atoms with Crippen LogP contribution in [0.5, 0.6) is 5.75 Å². The van der Waals surface area contributed by atoms with Gasteiger partial charge in [0, 0.05) is 25.4 Å². The molecule has 1 atom stereocenters. The molecule has 3 aromatic rings. The van der Waals surface area contributed by atoms with Crippen LogP contribution >= 0.6 is 0 Å². The molecule has 246 valence electrons. The molecular weight excluding hydrogens is 605 g/mol. The van der Waals surface area contributed by atoms with Crippen molar-refractivity contribution in [3.63, 3.8) is 0 Å². The summed E-state index contributed by atoms with van der Waals surface area (Å²) in [4.78, 5) is 37.1. The number of benzene rings is 1. The fourth-order valence-electron chi connectivity index (χ4n) is 4.82. The largest absolute Gasteiger partial charge is 0.491 e. The molecule has 13 nitrogen and oxygen atoms in total. The van der Waals surface area contributed by atoms with E-state index in [1.54, 1.807) is 20.1 Å². The number of hydrogen-bond donors (Lipinski definition) is 4. The molecule has 4 rings (SSSR count). The molecule has 1 unspecified atom stereocenters. The van der Waals surface area contributed by atoms with Crippen molar-refractivity contribution in [3.05, 3.63) is 59.0 Å². The van der Waals surface area contributed by atoms with Gasteiger partial charge < -0.3 is 29.9 Å². The van der Waals surface area contributed by atoms with E-state index >= 15 is 0 Å². The summed E-state index contributed by atoms with van der Waals surface area (Å²) in [6.45, 7) is 4.37. The Bertz CT molecular complexity index is 1460. The average Bonchev–Trinajstić information content (AvgIpc) is 3.59. The standard InChI is InChI=1S/C23H27F3N4O2.C6H8O7/c1-3-17-13-21(23(24,25)26)30-22(27-17)14-19(28-30)20-5-4-10-29(20)15-16-6-8-18(9-7-16)32-12-11-31-2;7-3(8)1-6(13,5(11)12)2-4(9)10/h6-9,13-14,20H,3-5,10-12,15H2,1-2H3;13H,1-2H2,(H,7,8)(H,9,10)(H,11,12). The van der Waals surface area contributed by atoms with Crippen LogP contribution in [0.3, 0.4) is 0 Å². The van der Waals surface area contributed by atoms with E-state index < -0.39 is 48.2 Å². The lowest BCUT2D eigenvalue weighted by molar-refractivity contribution is -0.170. The number of carboxylic acid groups (broad SMARTS) is 3. The molecule has 0 aliphatic carbocycles. The normalized spacial score (nSPS) is 15.5. The van der Waals surface area contributed by atoms with E-state index in [1.165, 1.54) is 0 Å². The molecule has 45 heavy (non-hydrogen) atoms. The number of carboxylic acids is 3. The summed E-state index contributed by atoms with van der Waals surface area (Å²) < 4.78 is 52.3. The van der Waals surface area contributed by atoms with Gasteiger partial charge in [-0.2, -0.15) is 18.3 Å². The van der Waals surface area contributed by atoms with Crippen molar-refractivity contribution in [2.24, 2.45) is 0 Å². The van der Waals surface area contributed by atoms with Crippen molar-refractivity contribution < 1.29 is 57.5 Å². The van der Waals surface area contributed by atoms with Crippen molar-refractivity contribution in [2.75, 3.05) is 26.9 Å². The van der Waals surface area contributed by atoms with Crippen molar-refractivity contribution in [1.29, 1.82) is 0 Å². The Morgan fingerprint density at radius 1 is 1.02 bits per heavy atom. The lowest BCUT2D eigenvalue weighted by Gasteiger charge is -2.23. The van der Waals surface area contributed by atoms with Crippen LogP contribution in [-0.4, -0.2) is 90.3 Å². The Kier molecular flexibility index (Phi) is 11.8. The molecule has 0 radical (unpaired) electrons. The maximum atomic E-state index is 13.6. The van der Waals surface area contributed by atoms with Gasteiger partial charge in [-0.3, -0.25) is 14.5 Å². The molecule has 4 N–H and O–H groups in total. The molecule has 0 amide bonds. The highest BCUT2D eigenvalue weighted by Crippen LogP contribution is 2.35. The molecule has 16 heteroatoms. The number of rotatable bonds is 13. The number of halogens is 3. The first-order valence-electron chi connectivity index (χ1n) is 14.0. The van der Waals surface area contributed by atoms with Gasteiger partial charge in [-0.25, -0.2) is 14.3 Å². The SMILES string of the molecule is CCc1cc(C(F)(F)F)n2nc(C3CCCN3Cc3ccc(OCCOC)cc3)cc2n1.O=C(O)CC(O)(CC(=O)O)C(=O)O. The van der Waals surface area contributed by atoms with E-state index in [0.717, 1.165) is 41.3 Å².